The average Bonchev–Trinajstić information content (AvgIpc) is 3.43. The van der Waals surface area contributed by atoms with Crippen LogP contribution in [0.1, 0.15) is 23.7 Å². The lowest BCUT2D eigenvalue weighted by atomic mass is 10.1. The zero-order valence-electron chi connectivity index (χ0n) is 15.9. The topological polar surface area (TPSA) is 76.1 Å². The number of carbonyl (C=O) groups excluding carboxylic acids is 1. The minimum Gasteiger partial charge on any atom is -0.406 e. The zero-order chi connectivity index (χ0) is 21.8. The smallest absolute Gasteiger partial charge is 0.406 e. The van der Waals surface area contributed by atoms with E-state index >= 15 is 0 Å². The van der Waals surface area contributed by atoms with Crippen LogP contribution in [0, 0.1) is 0 Å². The summed E-state index contributed by atoms with van der Waals surface area (Å²) in [7, 11) is 0. The molecule has 1 amide bonds. The minimum atomic E-state index is -4.73. The van der Waals surface area contributed by atoms with Gasteiger partial charge in [-0.25, -0.2) is 0 Å². The maximum Gasteiger partial charge on any atom is 0.573 e. The molecule has 1 saturated carbocycles. The van der Waals surface area contributed by atoms with Crippen LogP contribution in [0.25, 0.3) is 0 Å². The van der Waals surface area contributed by atoms with E-state index in [2.05, 4.69) is 25.6 Å². The van der Waals surface area contributed by atoms with E-state index in [-0.39, 0.29) is 17.7 Å². The summed E-state index contributed by atoms with van der Waals surface area (Å²) in [6.07, 6.45) is -2.74. The monoisotopic (exact) mass is 466 g/mol. The molecule has 31 heavy (non-hydrogen) atoms. The third-order valence-corrected chi connectivity index (χ3v) is 6.41. The number of nitrogens with one attached hydrogen (secondary N) is 2. The number of carbonyl (C=O) groups is 1. The predicted octanol–water partition coefficient (Wildman–Crippen LogP) is 5.29. The molecule has 6 nitrogen and oxygen atoms in total. The Hall–Kier alpha value is -2.79. The van der Waals surface area contributed by atoms with Crippen LogP contribution in [-0.4, -0.2) is 28.5 Å². The van der Waals surface area contributed by atoms with Gasteiger partial charge in [-0.3, -0.25) is 4.79 Å². The molecule has 0 saturated heterocycles. The minimum absolute atomic E-state index is 0.0661. The molecule has 162 valence electrons. The number of halogens is 3. The molecule has 2 aromatic carbocycles. The fourth-order valence-electron chi connectivity index (χ4n) is 2.68. The highest BCUT2D eigenvalue weighted by Gasteiger charge is 2.31. The lowest BCUT2D eigenvalue weighted by Crippen LogP contribution is -2.29. The number of ether oxygens (including phenoxy) is 1. The highest BCUT2D eigenvalue weighted by Crippen LogP contribution is 2.39. The lowest BCUT2D eigenvalue weighted by Gasteiger charge is -2.15. The van der Waals surface area contributed by atoms with E-state index in [1.54, 1.807) is 0 Å². The molecule has 4 rings (SSSR count). The number of aromatic nitrogens is 2. The van der Waals surface area contributed by atoms with Gasteiger partial charge in [-0.15, -0.1) is 23.4 Å². The Bertz CT molecular complexity index is 1020. The molecule has 1 heterocycles. The Labute approximate surface area is 184 Å². The molecule has 1 aromatic heterocycles. The first kappa shape index (κ1) is 21.4. The summed E-state index contributed by atoms with van der Waals surface area (Å²) in [5.41, 5.74) is 1.41. The third kappa shape index (κ3) is 6.34. The number of alkyl halides is 3. The summed E-state index contributed by atoms with van der Waals surface area (Å²) in [5.74, 6) is -0.373. The molecule has 1 aliphatic rings. The molecule has 0 spiro atoms. The molecule has 0 radical (unpaired) electrons. The van der Waals surface area contributed by atoms with Gasteiger partial charge in [-0.2, -0.15) is 0 Å². The number of anilines is 2. The van der Waals surface area contributed by atoms with E-state index in [0.717, 1.165) is 18.4 Å². The Morgan fingerprint density at radius 2 is 1.81 bits per heavy atom. The molecule has 0 aliphatic heterocycles. The van der Waals surface area contributed by atoms with Crippen molar-refractivity contribution >= 4 is 39.8 Å². The number of thioether (sulfide) groups is 1. The summed E-state index contributed by atoms with van der Waals surface area (Å²) in [6.45, 7) is 0. The van der Waals surface area contributed by atoms with Crippen LogP contribution in [0.15, 0.2) is 58.9 Å². The predicted molar refractivity (Wildman–Crippen MR) is 113 cm³/mol. The Kier molecular flexibility index (Phi) is 6.33. The molecule has 3 aromatic rings. The fourth-order valence-corrected chi connectivity index (χ4v) is 4.65. The Morgan fingerprint density at radius 3 is 2.45 bits per heavy atom. The Balaban J connectivity index is 1.42. The van der Waals surface area contributed by atoms with Crippen molar-refractivity contribution in [3.8, 4) is 5.75 Å². The van der Waals surface area contributed by atoms with E-state index in [4.69, 9.17) is 0 Å². The molecule has 1 aliphatic carbocycles. The molecular formula is C20H17F3N4O2S2. The number of amides is 1. The molecule has 11 heteroatoms. The normalized spacial score (nSPS) is 14.7. The van der Waals surface area contributed by atoms with Crippen LogP contribution in [0.2, 0.25) is 0 Å². The summed E-state index contributed by atoms with van der Waals surface area (Å²) < 4.78 is 41.2. The second-order valence-corrected chi connectivity index (χ2v) is 9.09. The van der Waals surface area contributed by atoms with Gasteiger partial charge < -0.3 is 15.4 Å². The maximum absolute atomic E-state index is 12.7. The maximum atomic E-state index is 12.7. The van der Waals surface area contributed by atoms with Crippen molar-refractivity contribution in [2.45, 2.75) is 34.8 Å². The van der Waals surface area contributed by atoms with E-state index < -0.39 is 11.6 Å². The first-order valence-corrected chi connectivity index (χ1v) is 11.0. The second kappa shape index (κ2) is 9.15. The second-order valence-electron chi connectivity index (χ2n) is 6.76. The molecule has 1 unspecified atom stereocenters. The van der Waals surface area contributed by atoms with Gasteiger partial charge in [0.05, 0.1) is 0 Å². The summed E-state index contributed by atoms with van der Waals surface area (Å²) in [6, 6.07) is 15.0. The number of rotatable bonds is 8. The number of benzene rings is 2. The van der Waals surface area contributed by atoms with Crippen LogP contribution in [0.3, 0.4) is 0 Å². The standard InChI is InChI=1S/C20H17F3N4O2S2/c21-20(22,23)29-15-10-8-14(9-11-15)25-18-26-27-19(31-18)30-16(12-4-2-1-3-5-12)17(28)24-13-6-7-13/h1-5,8-11,13,16H,6-7H2,(H,24,28)(H,25,26). The van der Waals surface area contributed by atoms with Gasteiger partial charge in [0.25, 0.3) is 0 Å². The largest absolute Gasteiger partial charge is 0.573 e. The molecular weight excluding hydrogens is 449 g/mol. The number of nitrogens with zero attached hydrogens (tertiary/aromatic N) is 2. The lowest BCUT2D eigenvalue weighted by molar-refractivity contribution is -0.274. The average molecular weight is 467 g/mol. The van der Waals surface area contributed by atoms with Crippen molar-refractivity contribution in [2.24, 2.45) is 0 Å². The van der Waals surface area contributed by atoms with Crippen molar-refractivity contribution in [1.82, 2.24) is 15.5 Å². The summed E-state index contributed by atoms with van der Waals surface area (Å²) in [4.78, 5) is 12.7. The van der Waals surface area contributed by atoms with Crippen LogP contribution in [0.5, 0.6) is 5.75 Å². The van der Waals surface area contributed by atoms with Crippen molar-refractivity contribution in [2.75, 3.05) is 5.32 Å². The van der Waals surface area contributed by atoms with Crippen molar-refractivity contribution in [3.63, 3.8) is 0 Å². The van der Waals surface area contributed by atoms with Crippen LogP contribution >= 0.6 is 23.1 Å². The van der Waals surface area contributed by atoms with Gasteiger partial charge >= 0.3 is 6.36 Å². The first-order valence-electron chi connectivity index (χ1n) is 9.34. The fraction of sp³-hybridized carbons (Fsp3) is 0.250. The quantitative estimate of drug-likeness (QED) is 0.439. The van der Waals surface area contributed by atoms with E-state index in [1.165, 1.54) is 47.4 Å². The van der Waals surface area contributed by atoms with Gasteiger partial charge in [-0.05, 0) is 42.7 Å². The molecule has 1 atom stereocenters. The Morgan fingerprint density at radius 1 is 1.10 bits per heavy atom. The van der Waals surface area contributed by atoms with Crippen molar-refractivity contribution in [1.29, 1.82) is 0 Å². The van der Waals surface area contributed by atoms with E-state index in [1.807, 2.05) is 30.3 Å². The summed E-state index contributed by atoms with van der Waals surface area (Å²) >= 11 is 2.56. The molecule has 0 bridgehead atoms. The molecule has 1 fully saturated rings. The van der Waals surface area contributed by atoms with E-state index in [9.17, 15) is 18.0 Å². The van der Waals surface area contributed by atoms with Crippen LogP contribution < -0.4 is 15.4 Å². The van der Waals surface area contributed by atoms with Crippen LogP contribution in [0.4, 0.5) is 24.0 Å². The number of hydrogen-bond acceptors (Lipinski definition) is 7. The summed E-state index contributed by atoms with van der Waals surface area (Å²) in [5, 5.41) is 14.2. The first-order chi connectivity index (χ1) is 14.9. The van der Waals surface area contributed by atoms with Gasteiger partial charge in [0.1, 0.15) is 11.0 Å². The SMILES string of the molecule is O=C(NC1CC1)C(Sc1nnc(Nc2ccc(OC(F)(F)F)cc2)s1)c1ccccc1. The highest BCUT2D eigenvalue weighted by atomic mass is 32.2. The number of hydrogen-bond donors (Lipinski definition) is 2. The molecule has 2 N–H and O–H groups in total. The van der Waals surface area contributed by atoms with Crippen molar-refractivity contribution < 1.29 is 22.7 Å². The third-order valence-electron chi connectivity index (χ3n) is 4.23. The van der Waals surface area contributed by atoms with Gasteiger partial charge in [0.15, 0.2) is 4.34 Å². The van der Waals surface area contributed by atoms with Gasteiger partial charge in [0, 0.05) is 11.7 Å². The zero-order valence-corrected chi connectivity index (χ0v) is 17.6. The van der Waals surface area contributed by atoms with Gasteiger partial charge in [-0.1, -0.05) is 53.4 Å². The van der Waals surface area contributed by atoms with Crippen LogP contribution in [-0.2, 0) is 4.79 Å². The van der Waals surface area contributed by atoms with E-state index in [0.29, 0.717) is 15.2 Å². The van der Waals surface area contributed by atoms with Gasteiger partial charge in [0.2, 0.25) is 11.0 Å². The van der Waals surface area contributed by atoms with Crippen molar-refractivity contribution in [3.05, 3.63) is 60.2 Å². The highest BCUT2D eigenvalue weighted by molar-refractivity contribution is 8.01.